The van der Waals surface area contributed by atoms with Crippen molar-refractivity contribution in [1.82, 2.24) is 10.2 Å². The zero-order valence-corrected chi connectivity index (χ0v) is 12.1. The molecule has 0 atom stereocenters. The van der Waals surface area contributed by atoms with Crippen molar-refractivity contribution in [3.05, 3.63) is 30.1 Å². The van der Waals surface area contributed by atoms with E-state index in [1.165, 1.54) is 6.07 Å². The van der Waals surface area contributed by atoms with Crippen LogP contribution in [0.3, 0.4) is 0 Å². The summed E-state index contributed by atoms with van der Waals surface area (Å²) in [5.74, 6) is 0.816. The van der Waals surface area contributed by atoms with Gasteiger partial charge >= 0.3 is 0 Å². The van der Waals surface area contributed by atoms with Crippen molar-refractivity contribution in [2.75, 3.05) is 38.5 Å². The summed E-state index contributed by atoms with van der Waals surface area (Å²) in [5.41, 5.74) is 0. The fourth-order valence-corrected chi connectivity index (χ4v) is 2.55. The lowest BCUT2D eigenvalue weighted by molar-refractivity contribution is 0.303. The van der Waals surface area contributed by atoms with E-state index in [1.54, 1.807) is 23.9 Å². The van der Waals surface area contributed by atoms with Crippen LogP contribution in [0.4, 0.5) is 4.39 Å². The summed E-state index contributed by atoms with van der Waals surface area (Å²) in [7, 11) is 0. The molecule has 0 aromatic heterocycles. The molecule has 18 heavy (non-hydrogen) atoms. The number of nitrogens with zero attached hydrogens (tertiary/aromatic N) is 1. The van der Waals surface area contributed by atoms with Gasteiger partial charge in [-0.1, -0.05) is 19.9 Å². The third-order valence-electron chi connectivity index (χ3n) is 2.84. The van der Waals surface area contributed by atoms with Crippen molar-refractivity contribution in [3.63, 3.8) is 0 Å². The highest BCUT2D eigenvalue weighted by atomic mass is 32.2. The van der Waals surface area contributed by atoms with Crippen molar-refractivity contribution in [3.8, 4) is 0 Å². The Bertz CT molecular complexity index is 329. The SMILES string of the molecule is CCN(CC)CCNCCSc1cccc(F)c1. The van der Waals surface area contributed by atoms with E-state index in [0.29, 0.717) is 0 Å². The van der Waals surface area contributed by atoms with E-state index in [0.717, 1.165) is 43.4 Å². The molecule has 1 rings (SSSR count). The van der Waals surface area contributed by atoms with E-state index in [1.807, 2.05) is 6.07 Å². The molecule has 102 valence electrons. The van der Waals surface area contributed by atoms with Crippen LogP contribution in [0.25, 0.3) is 0 Å². The van der Waals surface area contributed by atoms with Crippen LogP contribution >= 0.6 is 11.8 Å². The van der Waals surface area contributed by atoms with Gasteiger partial charge in [0, 0.05) is 30.3 Å². The van der Waals surface area contributed by atoms with Gasteiger partial charge in [-0.05, 0) is 31.3 Å². The maximum absolute atomic E-state index is 12.9. The van der Waals surface area contributed by atoms with Crippen molar-refractivity contribution < 1.29 is 4.39 Å². The standard InChI is InChI=1S/C14H23FN2S/c1-3-17(4-2)10-8-16-9-11-18-14-7-5-6-13(15)12-14/h5-7,12,16H,3-4,8-11H2,1-2H3. The molecule has 0 aliphatic carbocycles. The second-order valence-electron chi connectivity index (χ2n) is 4.08. The molecule has 0 aliphatic rings. The Kier molecular flexibility index (Phi) is 8.05. The molecule has 0 heterocycles. The van der Waals surface area contributed by atoms with E-state index in [-0.39, 0.29) is 5.82 Å². The number of likely N-dealkylation sites (N-methyl/N-ethyl adjacent to an activating group) is 1. The van der Waals surface area contributed by atoms with Gasteiger partial charge in [0.15, 0.2) is 0 Å². The summed E-state index contributed by atoms with van der Waals surface area (Å²) in [6.07, 6.45) is 0. The molecule has 0 bridgehead atoms. The van der Waals surface area contributed by atoms with Gasteiger partial charge in [-0.15, -0.1) is 11.8 Å². The van der Waals surface area contributed by atoms with Crippen molar-refractivity contribution in [1.29, 1.82) is 0 Å². The first-order chi connectivity index (χ1) is 8.76. The quantitative estimate of drug-likeness (QED) is 0.549. The first-order valence-electron chi connectivity index (χ1n) is 6.57. The number of nitrogens with one attached hydrogen (secondary N) is 1. The van der Waals surface area contributed by atoms with Crippen LogP contribution in [0.2, 0.25) is 0 Å². The molecule has 4 heteroatoms. The molecule has 0 saturated heterocycles. The second kappa shape index (κ2) is 9.36. The zero-order valence-electron chi connectivity index (χ0n) is 11.3. The van der Waals surface area contributed by atoms with E-state index >= 15 is 0 Å². The van der Waals surface area contributed by atoms with Gasteiger partial charge < -0.3 is 10.2 Å². The van der Waals surface area contributed by atoms with Gasteiger partial charge in [0.2, 0.25) is 0 Å². The maximum atomic E-state index is 12.9. The fourth-order valence-electron chi connectivity index (χ4n) is 1.70. The topological polar surface area (TPSA) is 15.3 Å². The molecular formula is C14H23FN2S. The summed E-state index contributed by atoms with van der Waals surface area (Å²) >= 11 is 1.69. The third kappa shape index (κ3) is 6.38. The molecule has 0 amide bonds. The Morgan fingerprint density at radius 2 is 2.00 bits per heavy atom. The Morgan fingerprint density at radius 3 is 2.67 bits per heavy atom. The lowest BCUT2D eigenvalue weighted by atomic mass is 10.4. The molecule has 1 aromatic carbocycles. The van der Waals surface area contributed by atoms with Crippen LogP contribution < -0.4 is 5.32 Å². The summed E-state index contributed by atoms with van der Waals surface area (Å²) < 4.78 is 12.9. The Labute approximate surface area is 114 Å². The van der Waals surface area contributed by atoms with Crippen LogP contribution in [0.1, 0.15) is 13.8 Å². The van der Waals surface area contributed by atoms with Crippen LogP contribution in [-0.4, -0.2) is 43.4 Å². The van der Waals surface area contributed by atoms with Crippen LogP contribution in [0.5, 0.6) is 0 Å². The average molecular weight is 270 g/mol. The average Bonchev–Trinajstić information content (AvgIpc) is 2.38. The Hall–Kier alpha value is -0.580. The summed E-state index contributed by atoms with van der Waals surface area (Å²) in [6.45, 7) is 9.66. The first kappa shape index (κ1) is 15.5. The molecule has 0 fully saturated rings. The summed E-state index contributed by atoms with van der Waals surface area (Å²) in [6, 6.07) is 6.77. The number of benzene rings is 1. The highest BCUT2D eigenvalue weighted by Gasteiger charge is 1.98. The molecule has 1 N–H and O–H groups in total. The van der Waals surface area contributed by atoms with Crippen molar-refractivity contribution >= 4 is 11.8 Å². The van der Waals surface area contributed by atoms with Crippen LogP contribution in [0, 0.1) is 5.82 Å². The number of thioether (sulfide) groups is 1. The Balaban J connectivity index is 2.05. The van der Waals surface area contributed by atoms with Gasteiger partial charge in [0.05, 0.1) is 0 Å². The number of hydrogen-bond donors (Lipinski definition) is 1. The molecule has 0 spiro atoms. The predicted octanol–water partition coefficient (Wildman–Crippen LogP) is 2.85. The Morgan fingerprint density at radius 1 is 1.22 bits per heavy atom. The van der Waals surface area contributed by atoms with Gasteiger partial charge in [-0.25, -0.2) is 4.39 Å². The largest absolute Gasteiger partial charge is 0.315 e. The van der Waals surface area contributed by atoms with Gasteiger partial charge in [0.1, 0.15) is 5.82 Å². The minimum absolute atomic E-state index is 0.158. The molecule has 1 aromatic rings. The molecule has 0 aliphatic heterocycles. The second-order valence-corrected chi connectivity index (χ2v) is 5.25. The summed E-state index contributed by atoms with van der Waals surface area (Å²) in [5, 5.41) is 3.41. The highest BCUT2D eigenvalue weighted by molar-refractivity contribution is 7.99. The molecule has 0 saturated carbocycles. The zero-order chi connectivity index (χ0) is 13.2. The van der Waals surface area contributed by atoms with Crippen molar-refractivity contribution in [2.24, 2.45) is 0 Å². The number of rotatable bonds is 9. The van der Waals surface area contributed by atoms with E-state index in [2.05, 4.69) is 24.1 Å². The molecule has 0 radical (unpaired) electrons. The first-order valence-corrected chi connectivity index (χ1v) is 7.56. The minimum Gasteiger partial charge on any atom is -0.315 e. The van der Waals surface area contributed by atoms with E-state index in [4.69, 9.17) is 0 Å². The monoisotopic (exact) mass is 270 g/mol. The smallest absolute Gasteiger partial charge is 0.124 e. The molecular weight excluding hydrogens is 247 g/mol. The van der Waals surface area contributed by atoms with Gasteiger partial charge in [-0.2, -0.15) is 0 Å². The number of hydrogen-bond acceptors (Lipinski definition) is 3. The molecule has 2 nitrogen and oxygen atoms in total. The number of halogens is 1. The summed E-state index contributed by atoms with van der Waals surface area (Å²) in [4.78, 5) is 3.40. The van der Waals surface area contributed by atoms with E-state index < -0.39 is 0 Å². The minimum atomic E-state index is -0.158. The lowest BCUT2D eigenvalue weighted by Gasteiger charge is -2.17. The highest BCUT2D eigenvalue weighted by Crippen LogP contribution is 2.17. The normalized spacial score (nSPS) is 11.1. The lowest BCUT2D eigenvalue weighted by Crippen LogP contribution is -2.32. The van der Waals surface area contributed by atoms with E-state index in [9.17, 15) is 4.39 Å². The molecule has 0 unspecified atom stereocenters. The maximum Gasteiger partial charge on any atom is 0.124 e. The van der Waals surface area contributed by atoms with Crippen molar-refractivity contribution in [2.45, 2.75) is 18.7 Å². The van der Waals surface area contributed by atoms with Gasteiger partial charge in [-0.3, -0.25) is 0 Å². The fraction of sp³-hybridized carbons (Fsp3) is 0.571. The van der Waals surface area contributed by atoms with Crippen LogP contribution in [-0.2, 0) is 0 Å². The predicted molar refractivity (Wildman–Crippen MR) is 77.8 cm³/mol. The van der Waals surface area contributed by atoms with Gasteiger partial charge in [0.25, 0.3) is 0 Å². The third-order valence-corrected chi connectivity index (χ3v) is 3.84. The van der Waals surface area contributed by atoms with Crippen LogP contribution in [0.15, 0.2) is 29.2 Å².